The molecule has 13 heavy (non-hydrogen) atoms. The first kappa shape index (κ1) is 11.1. The van der Waals surface area contributed by atoms with Crippen LogP contribution in [0.3, 0.4) is 0 Å². The molecule has 0 aromatic carbocycles. The molecule has 0 radical (unpaired) electrons. The SMILES string of the molecule is C[C@@H]1[C@H](N)CCCN1CCS(C)=O. The number of nitrogens with two attached hydrogens (primary N) is 1. The standard InChI is InChI=1S/C9H20N2OS/c1-8-9(10)4-3-5-11(8)6-7-13(2)12/h8-9H,3-7,10H2,1-2H3/t8-,9-,13?/m1/s1. The van der Waals surface area contributed by atoms with E-state index < -0.39 is 10.8 Å². The minimum absolute atomic E-state index is 0.305. The second-order valence-electron chi connectivity index (χ2n) is 3.86. The maximum atomic E-state index is 10.9. The van der Waals surface area contributed by atoms with E-state index in [1.807, 2.05) is 0 Å². The fraction of sp³-hybridized carbons (Fsp3) is 1.00. The summed E-state index contributed by atoms with van der Waals surface area (Å²) in [5.41, 5.74) is 5.96. The molecule has 0 saturated carbocycles. The van der Waals surface area contributed by atoms with E-state index in [-0.39, 0.29) is 0 Å². The van der Waals surface area contributed by atoms with Gasteiger partial charge in [-0.15, -0.1) is 0 Å². The number of likely N-dealkylation sites (tertiary alicyclic amines) is 1. The summed E-state index contributed by atoms with van der Waals surface area (Å²) >= 11 is 0. The van der Waals surface area contributed by atoms with E-state index in [0.717, 1.165) is 25.3 Å². The quantitative estimate of drug-likeness (QED) is 0.713. The zero-order valence-corrected chi connectivity index (χ0v) is 9.35. The molecule has 1 aliphatic heterocycles. The molecule has 1 saturated heterocycles. The molecule has 0 amide bonds. The van der Waals surface area contributed by atoms with Crippen LogP contribution in [0.2, 0.25) is 0 Å². The van der Waals surface area contributed by atoms with E-state index in [1.54, 1.807) is 6.26 Å². The summed E-state index contributed by atoms with van der Waals surface area (Å²) in [7, 11) is -0.676. The van der Waals surface area contributed by atoms with Crippen LogP contribution in [0.5, 0.6) is 0 Å². The van der Waals surface area contributed by atoms with Gasteiger partial charge in [-0.25, -0.2) is 0 Å². The van der Waals surface area contributed by atoms with Crippen LogP contribution in [-0.2, 0) is 10.8 Å². The third kappa shape index (κ3) is 3.37. The van der Waals surface area contributed by atoms with Crippen LogP contribution in [0, 0.1) is 0 Å². The van der Waals surface area contributed by atoms with Crippen molar-refractivity contribution >= 4 is 10.8 Å². The van der Waals surface area contributed by atoms with Crippen LogP contribution < -0.4 is 5.73 Å². The number of rotatable bonds is 3. The summed E-state index contributed by atoms with van der Waals surface area (Å²) in [5.74, 6) is 0.775. The molecule has 1 rings (SSSR count). The molecular weight excluding hydrogens is 184 g/mol. The molecule has 0 bridgehead atoms. The van der Waals surface area contributed by atoms with Gasteiger partial charge in [-0.3, -0.25) is 9.11 Å². The third-order valence-electron chi connectivity index (χ3n) is 2.84. The Kier molecular flexibility index (Phi) is 4.35. The van der Waals surface area contributed by atoms with Crippen LogP contribution in [0.25, 0.3) is 0 Å². The summed E-state index contributed by atoms with van der Waals surface area (Å²) in [4.78, 5) is 2.36. The molecule has 0 spiro atoms. The van der Waals surface area contributed by atoms with Gasteiger partial charge in [0.25, 0.3) is 0 Å². The molecule has 1 aliphatic rings. The van der Waals surface area contributed by atoms with Gasteiger partial charge < -0.3 is 5.73 Å². The van der Waals surface area contributed by atoms with Gasteiger partial charge in [0.15, 0.2) is 0 Å². The van der Waals surface area contributed by atoms with Crippen molar-refractivity contribution in [3.8, 4) is 0 Å². The van der Waals surface area contributed by atoms with E-state index in [9.17, 15) is 4.21 Å². The lowest BCUT2D eigenvalue weighted by atomic mass is 9.99. The van der Waals surface area contributed by atoms with Crippen molar-refractivity contribution in [2.45, 2.75) is 31.8 Å². The highest BCUT2D eigenvalue weighted by Crippen LogP contribution is 2.14. The highest BCUT2D eigenvalue weighted by Gasteiger charge is 2.24. The fourth-order valence-electron chi connectivity index (χ4n) is 1.81. The Hall–Kier alpha value is 0.0700. The lowest BCUT2D eigenvalue weighted by Crippen LogP contribution is -2.51. The molecule has 1 unspecified atom stereocenters. The second-order valence-corrected chi connectivity index (χ2v) is 5.41. The van der Waals surface area contributed by atoms with Gasteiger partial charge in [0.05, 0.1) is 0 Å². The molecule has 2 N–H and O–H groups in total. The topological polar surface area (TPSA) is 46.3 Å². The van der Waals surface area contributed by atoms with Crippen molar-refractivity contribution in [2.24, 2.45) is 5.73 Å². The summed E-state index contributed by atoms with van der Waals surface area (Å²) in [6.45, 7) is 4.21. The number of nitrogens with zero attached hydrogens (tertiary/aromatic N) is 1. The average molecular weight is 204 g/mol. The van der Waals surface area contributed by atoms with Gasteiger partial charge in [-0.2, -0.15) is 0 Å². The Labute approximate surface area is 83.1 Å². The minimum atomic E-state index is -0.676. The zero-order valence-electron chi connectivity index (χ0n) is 8.53. The Balaban J connectivity index is 2.35. The molecule has 3 atom stereocenters. The largest absolute Gasteiger partial charge is 0.326 e. The summed E-state index contributed by atoms with van der Waals surface area (Å²) in [6.07, 6.45) is 4.07. The third-order valence-corrected chi connectivity index (χ3v) is 3.60. The van der Waals surface area contributed by atoms with Crippen molar-refractivity contribution in [1.29, 1.82) is 0 Å². The molecular formula is C9H20N2OS. The molecule has 4 heteroatoms. The molecule has 0 aromatic rings. The number of piperidine rings is 1. The second kappa shape index (κ2) is 5.08. The van der Waals surface area contributed by atoms with Crippen LogP contribution in [-0.4, -0.2) is 46.3 Å². The molecule has 0 aliphatic carbocycles. The molecule has 0 aromatic heterocycles. The predicted molar refractivity (Wildman–Crippen MR) is 57.2 cm³/mol. The Bertz CT molecular complexity index is 186. The van der Waals surface area contributed by atoms with Gasteiger partial charge >= 0.3 is 0 Å². The lowest BCUT2D eigenvalue weighted by Gasteiger charge is -2.37. The Morgan fingerprint density at radius 3 is 2.92 bits per heavy atom. The lowest BCUT2D eigenvalue weighted by molar-refractivity contribution is 0.149. The Morgan fingerprint density at radius 1 is 1.62 bits per heavy atom. The molecule has 1 fully saturated rings. The van der Waals surface area contributed by atoms with E-state index in [2.05, 4.69) is 11.8 Å². The van der Waals surface area contributed by atoms with Gasteiger partial charge in [0, 0.05) is 41.4 Å². The van der Waals surface area contributed by atoms with E-state index in [0.29, 0.717) is 12.1 Å². The van der Waals surface area contributed by atoms with Crippen molar-refractivity contribution in [3.05, 3.63) is 0 Å². The maximum Gasteiger partial charge on any atom is 0.0359 e. The predicted octanol–water partition coefficient (Wildman–Crippen LogP) is 0.177. The highest BCUT2D eigenvalue weighted by atomic mass is 32.2. The van der Waals surface area contributed by atoms with Crippen LogP contribution >= 0.6 is 0 Å². The van der Waals surface area contributed by atoms with Crippen molar-refractivity contribution in [3.63, 3.8) is 0 Å². The summed E-state index contributed by atoms with van der Waals surface area (Å²) in [5, 5.41) is 0. The van der Waals surface area contributed by atoms with E-state index in [4.69, 9.17) is 5.73 Å². The van der Waals surface area contributed by atoms with Gasteiger partial charge in [0.1, 0.15) is 0 Å². The summed E-state index contributed by atoms with van der Waals surface area (Å²) < 4.78 is 10.9. The van der Waals surface area contributed by atoms with Crippen molar-refractivity contribution in [2.75, 3.05) is 25.1 Å². The van der Waals surface area contributed by atoms with Crippen LogP contribution in [0.1, 0.15) is 19.8 Å². The minimum Gasteiger partial charge on any atom is -0.326 e. The number of hydrogen-bond acceptors (Lipinski definition) is 3. The average Bonchev–Trinajstić information content (AvgIpc) is 2.07. The van der Waals surface area contributed by atoms with Gasteiger partial charge in [-0.1, -0.05) is 0 Å². The normalized spacial score (nSPS) is 33.2. The van der Waals surface area contributed by atoms with E-state index in [1.165, 1.54) is 6.42 Å². The van der Waals surface area contributed by atoms with Gasteiger partial charge in [-0.05, 0) is 26.3 Å². The van der Waals surface area contributed by atoms with Gasteiger partial charge in [0.2, 0.25) is 0 Å². The highest BCUT2D eigenvalue weighted by molar-refractivity contribution is 7.84. The first-order chi connectivity index (χ1) is 6.11. The monoisotopic (exact) mass is 204 g/mol. The summed E-state index contributed by atoms with van der Waals surface area (Å²) in [6, 6.07) is 0.761. The number of hydrogen-bond donors (Lipinski definition) is 1. The zero-order chi connectivity index (χ0) is 9.84. The fourth-order valence-corrected chi connectivity index (χ4v) is 2.30. The smallest absolute Gasteiger partial charge is 0.0359 e. The Morgan fingerprint density at radius 2 is 2.31 bits per heavy atom. The maximum absolute atomic E-state index is 10.9. The van der Waals surface area contributed by atoms with Crippen molar-refractivity contribution < 1.29 is 4.21 Å². The molecule has 78 valence electrons. The molecule has 1 heterocycles. The van der Waals surface area contributed by atoms with E-state index >= 15 is 0 Å². The first-order valence-corrected chi connectivity index (χ1v) is 6.63. The molecule has 3 nitrogen and oxygen atoms in total. The van der Waals surface area contributed by atoms with Crippen LogP contribution in [0.15, 0.2) is 0 Å². The first-order valence-electron chi connectivity index (χ1n) is 4.91. The van der Waals surface area contributed by atoms with Crippen molar-refractivity contribution in [1.82, 2.24) is 4.90 Å². The van der Waals surface area contributed by atoms with Crippen LogP contribution in [0.4, 0.5) is 0 Å².